The molecule has 0 saturated carbocycles. The Morgan fingerprint density at radius 2 is 1.88 bits per heavy atom. The van der Waals surface area contributed by atoms with Gasteiger partial charge < -0.3 is 16.0 Å². The van der Waals surface area contributed by atoms with Crippen molar-refractivity contribution in [2.24, 2.45) is 0 Å². The topological polar surface area (TPSA) is 61.9 Å². The second-order valence-electron chi connectivity index (χ2n) is 5.37. The van der Waals surface area contributed by atoms with E-state index in [2.05, 4.69) is 38.1 Å². The number of thiocarbonyl (C=S) groups is 1. The summed E-state index contributed by atoms with van der Waals surface area (Å²) < 4.78 is 0. The highest BCUT2D eigenvalue weighted by molar-refractivity contribution is 7.80. The summed E-state index contributed by atoms with van der Waals surface area (Å²) in [5.74, 6) is 0. The molecule has 0 amide bonds. The SMILES string of the molecule is Cc1cc(NCCNC(=S)Nc2ccncc2)c2ccccc2n1. The van der Waals surface area contributed by atoms with Crippen LogP contribution in [0, 0.1) is 6.92 Å². The van der Waals surface area contributed by atoms with E-state index in [-0.39, 0.29) is 0 Å². The maximum absolute atomic E-state index is 5.28. The number of aromatic nitrogens is 2. The summed E-state index contributed by atoms with van der Waals surface area (Å²) >= 11 is 5.28. The van der Waals surface area contributed by atoms with E-state index in [1.165, 1.54) is 0 Å². The molecular weight excluding hydrogens is 318 g/mol. The number of nitrogens with zero attached hydrogens (tertiary/aromatic N) is 2. The molecule has 3 N–H and O–H groups in total. The minimum Gasteiger partial charge on any atom is -0.383 e. The zero-order valence-electron chi connectivity index (χ0n) is 13.4. The number of benzene rings is 1. The lowest BCUT2D eigenvalue weighted by molar-refractivity contribution is 0.916. The first-order valence-corrected chi connectivity index (χ1v) is 8.18. The normalized spacial score (nSPS) is 10.4. The van der Waals surface area contributed by atoms with Crippen molar-refractivity contribution >= 4 is 39.6 Å². The van der Waals surface area contributed by atoms with Gasteiger partial charge in [0.25, 0.3) is 0 Å². The van der Waals surface area contributed by atoms with Crippen molar-refractivity contribution < 1.29 is 0 Å². The Hall–Kier alpha value is -2.73. The first-order valence-electron chi connectivity index (χ1n) is 7.77. The highest BCUT2D eigenvalue weighted by Gasteiger charge is 2.03. The lowest BCUT2D eigenvalue weighted by atomic mass is 10.1. The van der Waals surface area contributed by atoms with Gasteiger partial charge in [0.2, 0.25) is 0 Å². The molecule has 0 fully saturated rings. The van der Waals surface area contributed by atoms with Crippen molar-refractivity contribution in [3.63, 3.8) is 0 Å². The van der Waals surface area contributed by atoms with Gasteiger partial charge in [-0.2, -0.15) is 0 Å². The molecule has 3 aromatic rings. The van der Waals surface area contributed by atoms with E-state index in [9.17, 15) is 0 Å². The minimum atomic E-state index is 0.596. The van der Waals surface area contributed by atoms with Gasteiger partial charge >= 0.3 is 0 Å². The third kappa shape index (κ3) is 4.17. The molecule has 0 aliphatic rings. The maximum atomic E-state index is 5.28. The standard InChI is InChI=1S/C18H19N5S/c1-13-12-17(15-4-2-3-5-16(15)22-13)20-10-11-21-18(24)23-14-6-8-19-9-7-14/h2-9,12H,10-11H2,1H3,(H,20,22)(H2,19,21,23,24). The van der Waals surface area contributed by atoms with Gasteiger partial charge in [-0.15, -0.1) is 0 Å². The summed E-state index contributed by atoms with van der Waals surface area (Å²) in [7, 11) is 0. The summed E-state index contributed by atoms with van der Waals surface area (Å²) in [6.45, 7) is 3.47. The van der Waals surface area contributed by atoms with Crippen LogP contribution in [0.25, 0.3) is 10.9 Å². The summed E-state index contributed by atoms with van der Waals surface area (Å²) in [4.78, 5) is 8.52. The van der Waals surface area contributed by atoms with Crippen molar-refractivity contribution in [1.29, 1.82) is 0 Å². The zero-order valence-corrected chi connectivity index (χ0v) is 14.2. The van der Waals surface area contributed by atoms with Crippen molar-refractivity contribution in [2.75, 3.05) is 23.7 Å². The Balaban J connectivity index is 1.53. The smallest absolute Gasteiger partial charge is 0.170 e. The molecule has 1 aromatic carbocycles. The van der Waals surface area contributed by atoms with E-state index in [1.807, 2.05) is 37.3 Å². The average molecular weight is 337 g/mol. The number of anilines is 2. The fourth-order valence-electron chi connectivity index (χ4n) is 2.44. The Morgan fingerprint density at radius 3 is 2.71 bits per heavy atom. The number of pyridine rings is 2. The molecule has 0 saturated heterocycles. The fourth-order valence-corrected chi connectivity index (χ4v) is 2.66. The number of hydrogen-bond donors (Lipinski definition) is 3. The molecule has 0 atom stereocenters. The second kappa shape index (κ2) is 7.70. The molecule has 0 radical (unpaired) electrons. The van der Waals surface area contributed by atoms with Crippen molar-refractivity contribution in [2.45, 2.75) is 6.92 Å². The minimum absolute atomic E-state index is 0.596. The van der Waals surface area contributed by atoms with Crippen LogP contribution in [0.2, 0.25) is 0 Å². The first-order chi connectivity index (χ1) is 11.7. The molecular formula is C18H19N5S. The summed E-state index contributed by atoms with van der Waals surface area (Å²) in [5, 5.41) is 11.5. The molecule has 0 spiro atoms. The Bertz CT molecular complexity index is 835. The van der Waals surface area contributed by atoms with Crippen LogP contribution in [0.5, 0.6) is 0 Å². The van der Waals surface area contributed by atoms with Gasteiger partial charge in [-0.25, -0.2) is 0 Å². The van der Waals surface area contributed by atoms with Crippen LogP contribution in [-0.2, 0) is 0 Å². The van der Waals surface area contributed by atoms with Crippen LogP contribution in [-0.4, -0.2) is 28.2 Å². The fraction of sp³-hybridized carbons (Fsp3) is 0.167. The number of para-hydroxylation sites is 1. The van der Waals surface area contributed by atoms with Gasteiger partial charge in [0.1, 0.15) is 0 Å². The highest BCUT2D eigenvalue weighted by Crippen LogP contribution is 2.22. The lowest BCUT2D eigenvalue weighted by Gasteiger charge is -2.13. The van der Waals surface area contributed by atoms with Crippen LogP contribution in [0.1, 0.15) is 5.69 Å². The largest absolute Gasteiger partial charge is 0.383 e. The Kier molecular flexibility index (Phi) is 5.18. The highest BCUT2D eigenvalue weighted by atomic mass is 32.1. The van der Waals surface area contributed by atoms with Gasteiger partial charge in [0.15, 0.2) is 5.11 Å². The molecule has 0 unspecified atom stereocenters. The van der Waals surface area contributed by atoms with Crippen LogP contribution in [0.3, 0.4) is 0 Å². The predicted octanol–water partition coefficient (Wildman–Crippen LogP) is 3.34. The van der Waals surface area contributed by atoms with Gasteiger partial charge in [-0.3, -0.25) is 9.97 Å². The van der Waals surface area contributed by atoms with Gasteiger partial charge in [0.05, 0.1) is 5.52 Å². The second-order valence-corrected chi connectivity index (χ2v) is 5.78. The number of nitrogens with one attached hydrogen (secondary N) is 3. The number of aryl methyl sites for hydroxylation is 1. The predicted molar refractivity (Wildman–Crippen MR) is 103 cm³/mol. The monoisotopic (exact) mass is 337 g/mol. The molecule has 24 heavy (non-hydrogen) atoms. The lowest BCUT2D eigenvalue weighted by Crippen LogP contribution is -2.32. The molecule has 6 heteroatoms. The van der Waals surface area contributed by atoms with E-state index < -0.39 is 0 Å². The maximum Gasteiger partial charge on any atom is 0.170 e. The summed E-state index contributed by atoms with van der Waals surface area (Å²) in [5.41, 5.74) is 4.01. The van der Waals surface area contributed by atoms with Crippen LogP contribution in [0.15, 0.2) is 54.9 Å². The van der Waals surface area contributed by atoms with E-state index in [0.717, 1.165) is 34.5 Å². The van der Waals surface area contributed by atoms with E-state index in [4.69, 9.17) is 12.2 Å². The van der Waals surface area contributed by atoms with Crippen LogP contribution in [0.4, 0.5) is 11.4 Å². The summed E-state index contributed by atoms with van der Waals surface area (Å²) in [6, 6.07) is 13.9. The third-order valence-electron chi connectivity index (χ3n) is 3.51. The molecule has 0 aliphatic heterocycles. The van der Waals surface area contributed by atoms with Crippen LogP contribution < -0.4 is 16.0 Å². The van der Waals surface area contributed by atoms with Crippen molar-refractivity contribution in [3.05, 3.63) is 60.6 Å². The molecule has 2 heterocycles. The third-order valence-corrected chi connectivity index (χ3v) is 3.75. The summed E-state index contributed by atoms with van der Waals surface area (Å²) in [6.07, 6.45) is 3.45. The number of fused-ring (bicyclic) bond motifs is 1. The van der Waals surface area contributed by atoms with Crippen molar-refractivity contribution in [1.82, 2.24) is 15.3 Å². The average Bonchev–Trinajstić information content (AvgIpc) is 2.59. The van der Waals surface area contributed by atoms with Crippen molar-refractivity contribution in [3.8, 4) is 0 Å². The molecule has 5 nitrogen and oxygen atoms in total. The van der Waals surface area contributed by atoms with Gasteiger partial charge in [-0.05, 0) is 43.4 Å². The first kappa shape index (κ1) is 16.1. The number of hydrogen-bond acceptors (Lipinski definition) is 4. The Morgan fingerprint density at radius 1 is 1.08 bits per heavy atom. The number of rotatable bonds is 5. The van der Waals surface area contributed by atoms with Gasteiger partial charge in [0, 0.05) is 47.9 Å². The Labute approximate surface area is 146 Å². The molecule has 2 aromatic heterocycles. The van der Waals surface area contributed by atoms with E-state index in [1.54, 1.807) is 12.4 Å². The van der Waals surface area contributed by atoms with E-state index in [0.29, 0.717) is 11.7 Å². The molecule has 3 rings (SSSR count). The van der Waals surface area contributed by atoms with Crippen LogP contribution >= 0.6 is 12.2 Å². The molecule has 0 aliphatic carbocycles. The van der Waals surface area contributed by atoms with Gasteiger partial charge in [-0.1, -0.05) is 18.2 Å². The molecule has 0 bridgehead atoms. The quantitative estimate of drug-likeness (QED) is 0.490. The zero-order chi connectivity index (χ0) is 16.8. The molecule has 122 valence electrons. The van der Waals surface area contributed by atoms with E-state index >= 15 is 0 Å².